The number of halogens is 2. The number of ether oxygens (including phenoxy) is 1. The molecular weight excluding hydrogens is 489 g/mol. The predicted molar refractivity (Wildman–Crippen MR) is 132 cm³/mol. The molecular formula is C26H19ClFN3O5. The summed E-state index contributed by atoms with van der Waals surface area (Å²) in [6.45, 7) is 1.38. The van der Waals surface area contributed by atoms with Crippen molar-refractivity contribution >= 4 is 52.8 Å². The first-order chi connectivity index (χ1) is 17.2. The molecule has 4 rings (SSSR count). The molecule has 0 radical (unpaired) electrons. The van der Waals surface area contributed by atoms with Crippen molar-refractivity contribution in [1.82, 2.24) is 5.32 Å². The smallest absolute Gasteiger partial charge is 0.335 e. The van der Waals surface area contributed by atoms with E-state index < -0.39 is 29.6 Å². The molecule has 1 aliphatic rings. The molecule has 1 saturated heterocycles. The first-order valence-electron chi connectivity index (χ1n) is 10.7. The highest BCUT2D eigenvalue weighted by molar-refractivity contribution is 6.39. The number of nitrogens with zero attached hydrogens (tertiary/aromatic N) is 1. The number of aryl methyl sites for hydroxylation is 1. The lowest BCUT2D eigenvalue weighted by Crippen LogP contribution is -2.54. The maximum absolute atomic E-state index is 13.1. The third-order valence-electron chi connectivity index (χ3n) is 5.18. The molecule has 182 valence electrons. The van der Waals surface area contributed by atoms with Crippen LogP contribution in [0.3, 0.4) is 0 Å². The average molecular weight is 508 g/mol. The Labute approximate surface area is 210 Å². The summed E-state index contributed by atoms with van der Waals surface area (Å²) in [5.41, 5.74) is 1.46. The van der Waals surface area contributed by atoms with Crippen LogP contribution in [-0.4, -0.2) is 30.4 Å². The minimum Gasteiger partial charge on any atom is -0.484 e. The van der Waals surface area contributed by atoms with Gasteiger partial charge in [-0.3, -0.25) is 19.7 Å². The van der Waals surface area contributed by atoms with Crippen molar-refractivity contribution in [3.63, 3.8) is 0 Å². The molecule has 0 atom stereocenters. The Hall–Kier alpha value is -4.50. The molecule has 3 aromatic carbocycles. The number of barbiturate groups is 1. The fraction of sp³-hybridized carbons (Fsp3) is 0.0769. The van der Waals surface area contributed by atoms with Gasteiger partial charge in [0.1, 0.15) is 17.1 Å². The van der Waals surface area contributed by atoms with Gasteiger partial charge in [-0.25, -0.2) is 14.1 Å². The largest absolute Gasteiger partial charge is 0.484 e. The van der Waals surface area contributed by atoms with Crippen molar-refractivity contribution in [2.75, 3.05) is 16.8 Å². The molecule has 3 aromatic rings. The van der Waals surface area contributed by atoms with Gasteiger partial charge in [0.25, 0.3) is 17.7 Å². The lowest BCUT2D eigenvalue weighted by Gasteiger charge is -2.27. The number of carbonyl (C=O) groups excluding carboxylic acids is 4. The van der Waals surface area contributed by atoms with E-state index in [9.17, 15) is 23.6 Å². The molecule has 0 aromatic heterocycles. The van der Waals surface area contributed by atoms with Crippen LogP contribution in [0.1, 0.15) is 11.1 Å². The van der Waals surface area contributed by atoms with E-state index in [-0.39, 0.29) is 17.9 Å². The SMILES string of the molecule is Cc1ccc(Cl)cc1N1C(=O)NC(=O)/C(=C\c2cccc(OCC(=O)Nc3ccc(F)cc3)c2)C1=O. The minimum atomic E-state index is -0.878. The molecule has 5 amide bonds. The quantitative estimate of drug-likeness (QED) is 0.378. The van der Waals surface area contributed by atoms with Gasteiger partial charge in [0.2, 0.25) is 0 Å². The van der Waals surface area contributed by atoms with Crippen molar-refractivity contribution in [1.29, 1.82) is 0 Å². The standard InChI is InChI=1S/C26H19ClFN3O5/c1-15-5-6-17(27)13-22(15)31-25(34)21(24(33)30-26(31)35)12-16-3-2-4-20(11-16)36-14-23(32)29-19-9-7-18(28)8-10-19/h2-13H,14H2,1H3,(H,29,32)(H,30,33,35)/b21-12+. The third-order valence-corrected chi connectivity index (χ3v) is 5.42. The van der Waals surface area contributed by atoms with Crippen LogP contribution in [-0.2, 0) is 14.4 Å². The third kappa shape index (κ3) is 5.59. The molecule has 0 spiro atoms. The van der Waals surface area contributed by atoms with Crippen molar-refractivity contribution in [2.45, 2.75) is 6.92 Å². The van der Waals surface area contributed by atoms with Gasteiger partial charge in [-0.1, -0.05) is 29.8 Å². The number of hydrogen-bond donors (Lipinski definition) is 2. The Kier molecular flexibility index (Phi) is 7.12. The number of anilines is 2. The number of imide groups is 2. The molecule has 1 fully saturated rings. The Morgan fingerprint density at radius 2 is 1.83 bits per heavy atom. The average Bonchev–Trinajstić information content (AvgIpc) is 2.84. The van der Waals surface area contributed by atoms with E-state index in [1.807, 2.05) is 0 Å². The number of benzene rings is 3. The minimum absolute atomic E-state index is 0.257. The zero-order chi connectivity index (χ0) is 25.8. The summed E-state index contributed by atoms with van der Waals surface area (Å²) in [5.74, 6) is -2.22. The zero-order valence-electron chi connectivity index (χ0n) is 18.9. The van der Waals surface area contributed by atoms with Crippen LogP contribution in [0.5, 0.6) is 5.75 Å². The van der Waals surface area contributed by atoms with Crippen LogP contribution in [0.25, 0.3) is 6.08 Å². The van der Waals surface area contributed by atoms with Gasteiger partial charge in [0.05, 0.1) is 5.69 Å². The normalized spacial score (nSPS) is 14.6. The van der Waals surface area contributed by atoms with Gasteiger partial charge >= 0.3 is 6.03 Å². The highest BCUT2D eigenvalue weighted by atomic mass is 35.5. The van der Waals surface area contributed by atoms with Gasteiger partial charge in [0.15, 0.2) is 6.61 Å². The fourth-order valence-corrected chi connectivity index (χ4v) is 3.61. The van der Waals surface area contributed by atoms with Crippen LogP contribution in [0.4, 0.5) is 20.6 Å². The van der Waals surface area contributed by atoms with Crippen molar-refractivity contribution in [2.24, 2.45) is 0 Å². The second-order valence-corrected chi connectivity index (χ2v) is 8.24. The Balaban J connectivity index is 1.50. The number of urea groups is 1. The van der Waals surface area contributed by atoms with Crippen molar-refractivity contribution in [3.8, 4) is 5.75 Å². The first-order valence-corrected chi connectivity index (χ1v) is 11.0. The van der Waals surface area contributed by atoms with Crippen LogP contribution in [0.2, 0.25) is 5.02 Å². The van der Waals surface area contributed by atoms with E-state index in [0.717, 1.165) is 4.90 Å². The predicted octanol–water partition coefficient (Wildman–Crippen LogP) is 4.47. The van der Waals surface area contributed by atoms with Gasteiger partial charge in [-0.15, -0.1) is 0 Å². The van der Waals surface area contributed by atoms with Crippen molar-refractivity contribution < 1.29 is 28.3 Å². The highest BCUT2D eigenvalue weighted by Gasteiger charge is 2.37. The van der Waals surface area contributed by atoms with E-state index in [1.54, 1.807) is 37.3 Å². The number of rotatable bonds is 6. The zero-order valence-corrected chi connectivity index (χ0v) is 19.6. The second kappa shape index (κ2) is 10.4. The lowest BCUT2D eigenvalue weighted by atomic mass is 10.1. The molecule has 0 aliphatic carbocycles. The summed E-state index contributed by atoms with van der Waals surface area (Å²) < 4.78 is 18.5. The Bertz CT molecular complexity index is 1400. The molecule has 0 saturated carbocycles. The van der Waals surface area contributed by atoms with E-state index >= 15 is 0 Å². The first kappa shape index (κ1) is 24.6. The summed E-state index contributed by atoms with van der Waals surface area (Å²) in [4.78, 5) is 51.0. The number of carbonyl (C=O) groups is 4. The Morgan fingerprint density at radius 1 is 1.08 bits per heavy atom. The maximum Gasteiger partial charge on any atom is 0.335 e. The van der Waals surface area contributed by atoms with Gasteiger partial charge in [-0.2, -0.15) is 0 Å². The molecule has 0 bridgehead atoms. The number of amides is 5. The summed E-state index contributed by atoms with van der Waals surface area (Å²) in [6, 6.07) is 15.5. The maximum atomic E-state index is 13.1. The summed E-state index contributed by atoms with van der Waals surface area (Å²) >= 11 is 6.04. The second-order valence-electron chi connectivity index (χ2n) is 7.80. The molecule has 1 heterocycles. The number of nitrogens with one attached hydrogen (secondary N) is 2. The molecule has 1 aliphatic heterocycles. The molecule has 0 unspecified atom stereocenters. The topological polar surface area (TPSA) is 105 Å². The van der Waals surface area contributed by atoms with Crippen molar-refractivity contribution in [3.05, 3.63) is 94.3 Å². The van der Waals surface area contributed by atoms with E-state index in [2.05, 4.69) is 10.6 Å². The molecule has 8 nitrogen and oxygen atoms in total. The summed E-state index contributed by atoms with van der Waals surface area (Å²) in [5, 5.41) is 5.07. The lowest BCUT2D eigenvalue weighted by molar-refractivity contribution is -0.122. The van der Waals surface area contributed by atoms with Gasteiger partial charge in [0, 0.05) is 10.7 Å². The fourth-order valence-electron chi connectivity index (χ4n) is 3.44. The Morgan fingerprint density at radius 3 is 2.58 bits per heavy atom. The van der Waals surface area contributed by atoms with E-state index in [1.165, 1.54) is 42.5 Å². The molecule has 10 heteroatoms. The monoisotopic (exact) mass is 507 g/mol. The van der Waals surface area contributed by atoms with Crippen LogP contribution < -0.4 is 20.3 Å². The van der Waals surface area contributed by atoms with Gasteiger partial charge in [-0.05, 0) is 72.7 Å². The summed E-state index contributed by atoms with van der Waals surface area (Å²) in [6.07, 6.45) is 1.32. The summed E-state index contributed by atoms with van der Waals surface area (Å²) in [7, 11) is 0. The number of hydrogen-bond acceptors (Lipinski definition) is 5. The van der Waals surface area contributed by atoms with E-state index in [0.29, 0.717) is 27.6 Å². The van der Waals surface area contributed by atoms with Gasteiger partial charge < -0.3 is 10.1 Å². The van der Waals surface area contributed by atoms with E-state index in [4.69, 9.17) is 16.3 Å². The van der Waals surface area contributed by atoms with Crippen LogP contribution >= 0.6 is 11.6 Å². The molecule has 36 heavy (non-hydrogen) atoms. The molecule has 2 N–H and O–H groups in total. The highest BCUT2D eigenvalue weighted by Crippen LogP contribution is 2.28. The van der Waals surface area contributed by atoms with Crippen LogP contribution in [0, 0.1) is 12.7 Å². The van der Waals surface area contributed by atoms with Crippen LogP contribution in [0.15, 0.2) is 72.3 Å².